The van der Waals surface area contributed by atoms with Gasteiger partial charge in [0.2, 0.25) is 10.0 Å². The second-order valence-corrected chi connectivity index (χ2v) is 13.2. The molecule has 5 rings (SSSR count). The van der Waals surface area contributed by atoms with E-state index < -0.39 is 10.0 Å². The average molecular weight is 523 g/mol. The van der Waals surface area contributed by atoms with E-state index in [0.29, 0.717) is 37.4 Å². The summed E-state index contributed by atoms with van der Waals surface area (Å²) in [5.41, 5.74) is 4.81. The SMILES string of the molecule is CCNC[C@]12Cc3cnn(-c4ccc(F)cc4)c3C=C1CCN(S(=O)(=O)c1ccc(C(C)(C)C)cc1)C2. The number of fused-ring (bicyclic) bond motifs is 2. The minimum atomic E-state index is -3.64. The number of aromatic nitrogens is 2. The lowest BCUT2D eigenvalue weighted by Gasteiger charge is -2.46. The first-order chi connectivity index (χ1) is 17.5. The van der Waals surface area contributed by atoms with Gasteiger partial charge < -0.3 is 5.32 Å². The van der Waals surface area contributed by atoms with Crippen LogP contribution in [0.1, 0.15) is 50.9 Å². The third kappa shape index (κ3) is 4.78. The molecule has 0 saturated carbocycles. The number of nitrogens with zero attached hydrogens (tertiary/aromatic N) is 3. The molecular weight excluding hydrogens is 487 g/mol. The van der Waals surface area contributed by atoms with Crippen molar-refractivity contribution in [1.82, 2.24) is 19.4 Å². The van der Waals surface area contributed by atoms with Gasteiger partial charge in [-0.3, -0.25) is 0 Å². The molecule has 2 aromatic carbocycles. The molecule has 3 aromatic rings. The molecule has 0 unspecified atom stereocenters. The van der Waals surface area contributed by atoms with Crippen molar-refractivity contribution in [2.45, 2.75) is 50.8 Å². The topological polar surface area (TPSA) is 67.2 Å². The van der Waals surface area contributed by atoms with Crippen LogP contribution >= 0.6 is 0 Å². The van der Waals surface area contributed by atoms with Gasteiger partial charge in [-0.15, -0.1) is 0 Å². The van der Waals surface area contributed by atoms with Crippen LogP contribution in [0.2, 0.25) is 0 Å². The van der Waals surface area contributed by atoms with Crippen molar-refractivity contribution >= 4 is 16.1 Å². The minimum Gasteiger partial charge on any atom is -0.316 e. The number of rotatable bonds is 6. The van der Waals surface area contributed by atoms with Gasteiger partial charge in [-0.05, 0) is 78.4 Å². The number of nitrogens with one attached hydrogen (secondary N) is 1. The van der Waals surface area contributed by atoms with E-state index in [-0.39, 0.29) is 16.6 Å². The van der Waals surface area contributed by atoms with Gasteiger partial charge in [0.15, 0.2) is 0 Å². The standard InChI is InChI=1S/C29H35FN4O2S/c1-5-31-19-29-17-21-18-32-34(25-10-8-24(30)9-11-25)27(21)16-23(29)14-15-33(20-29)37(35,36)26-12-6-22(7-13-26)28(2,3)4/h6-13,16,18,31H,5,14-15,17,19-20H2,1-4H3/t29-/m0/s1. The van der Waals surface area contributed by atoms with Gasteiger partial charge in [0.05, 0.1) is 22.5 Å². The van der Waals surface area contributed by atoms with Gasteiger partial charge >= 0.3 is 0 Å². The summed E-state index contributed by atoms with van der Waals surface area (Å²) >= 11 is 0. The molecule has 0 bridgehead atoms. The number of hydrogen-bond donors (Lipinski definition) is 1. The van der Waals surface area contributed by atoms with Crippen molar-refractivity contribution in [3.63, 3.8) is 0 Å². The predicted molar refractivity (Wildman–Crippen MR) is 145 cm³/mol. The first-order valence-corrected chi connectivity index (χ1v) is 14.3. The van der Waals surface area contributed by atoms with Crippen molar-refractivity contribution in [3.8, 4) is 5.69 Å². The highest BCUT2D eigenvalue weighted by Gasteiger charge is 2.45. The number of sulfonamides is 1. The maximum atomic E-state index is 13.7. The van der Waals surface area contributed by atoms with E-state index in [1.54, 1.807) is 28.6 Å². The smallest absolute Gasteiger partial charge is 0.243 e. The third-order valence-corrected chi connectivity index (χ3v) is 9.52. The van der Waals surface area contributed by atoms with Crippen molar-refractivity contribution < 1.29 is 12.8 Å². The van der Waals surface area contributed by atoms with Crippen LogP contribution in [-0.2, 0) is 21.9 Å². The molecule has 1 aromatic heterocycles. The van der Waals surface area contributed by atoms with E-state index in [4.69, 9.17) is 0 Å². The summed E-state index contributed by atoms with van der Waals surface area (Å²) in [6.45, 7) is 10.8. The van der Waals surface area contributed by atoms with Crippen molar-refractivity contribution in [2.75, 3.05) is 26.2 Å². The third-order valence-electron chi connectivity index (χ3n) is 7.66. The Hall–Kier alpha value is -2.81. The number of piperidine rings is 1. The molecular formula is C29H35FN4O2S. The average Bonchev–Trinajstić information content (AvgIpc) is 3.28. The van der Waals surface area contributed by atoms with Gasteiger partial charge in [0.25, 0.3) is 0 Å². The summed E-state index contributed by atoms with van der Waals surface area (Å²) in [7, 11) is -3.64. The lowest BCUT2D eigenvalue weighted by atomic mass is 9.68. The Labute approximate surface area is 219 Å². The van der Waals surface area contributed by atoms with Gasteiger partial charge in [-0.25, -0.2) is 17.5 Å². The van der Waals surface area contributed by atoms with Crippen molar-refractivity contribution in [1.29, 1.82) is 0 Å². The first-order valence-electron chi connectivity index (χ1n) is 12.9. The van der Waals surface area contributed by atoms with Crippen LogP contribution in [0.3, 0.4) is 0 Å². The molecule has 0 amide bonds. The summed E-state index contributed by atoms with van der Waals surface area (Å²) in [5.74, 6) is -0.283. The zero-order valence-corrected chi connectivity index (χ0v) is 22.8. The Morgan fingerprint density at radius 3 is 2.43 bits per heavy atom. The Morgan fingerprint density at radius 1 is 1.08 bits per heavy atom. The molecule has 196 valence electrons. The number of halogens is 1. The van der Waals surface area contributed by atoms with Crippen LogP contribution in [0.4, 0.5) is 4.39 Å². The van der Waals surface area contributed by atoms with Gasteiger partial charge in [-0.1, -0.05) is 45.4 Å². The molecule has 1 aliphatic carbocycles. The van der Waals surface area contributed by atoms with Crippen LogP contribution in [0.15, 0.2) is 65.2 Å². The van der Waals surface area contributed by atoms with E-state index >= 15 is 0 Å². The van der Waals surface area contributed by atoms with Crippen LogP contribution < -0.4 is 5.32 Å². The maximum Gasteiger partial charge on any atom is 0.243 e. The van der Waals surface area contributed by atoms with E-state index in [2.05, 4.69) is 44.2 Å². The summed E-state index contributed by atoms with van der Waals surface area (Å²) in [6.07, 6.45) is 5.38. The Morgan fingerprint density at radius 2 is 1.78 bits per heavy atom. The molecule has 2 aliphatic rings. The minimum absolute atomic E-state index is 0.0405. The summed E-state index contributed by atoms with van der Waals surface area (Å²) in [5, 5.41) is 8.10. The molecule has 6 nitrogen and oxygen atoms in total. The second kappa shape index (κ2) is 9.49. The van der Waals surface area contributed by atoms with E-state index in [1.807, 2.05) is 23.0 Å². The van der Waals surface area contributed by atoms with E-state index in [1.165, 1.54) is 17.7 Å². The molecule has 1 saturated heterocycles. The highest BCUT2D eigenvalue weighted by molar-refractivity contribution is 7.89. The molecule has 1 N–H and O–H groups in total. The van der Waals surface area contributed by atoms with Crippen LogP contribution in [-0.4, -0.2) is 48.7 Å². The molecule has 0 radical (unpaired) electrons. The fourth-order valence-corrected chi connectivity index (χ4v) is 7.03. The first kappa shape index (κ1) is 25.8. The molecule has 37 heavy (non-hydrogen) atoms. The zero-order valence-electron chi connectivity index (χ0n) is 22.0. The quantitative estimate of drug-likeness (QED) is 0.498. The highest BCUT2D eigenvalue weighted by Crippen LogP contribution is 2.45. The van der Waals surface area contributed by atoms with Crippen LogP contribution in [0.25, 0.3) is 11.8 Å². The highest BCUT2D eigenvalue weighted by atomic mass is 32.2. The number of benzene rings is 2. The molecule has 1 fully saturated rings. The Bertz CT molecular complexity index is 1420. The molecule has 1 aliphatic heterocycles. The summed E-state index contributed by atoms with van der Waals surface area (Å²) in [6, 6.07) is 13.6. The molecule has 2 heterocycles. The van der Waals surface area contributed by atoms with Crippen molar-refractivity contribution in [2.24, 2.45) is 5.41 Å². The Balaban J connectivity index is 1.47. The van der Waals surface area contributed by atoms with Gasteiger partial charge in [0, 0.05) is 25.0 Å². The summed E-state index contributed by atoms with van der Waals surface area (Å²) < 4.78 is 44.5. The fourth-order valence-electron chi connectivity index (χ4n) is 5.50. The van der Waals surface area contributed by atoms with Crippen LogP contribution in [0.5, 0.6) is 0 Å². The monoisotopic (exact) mass is 522 g/mol. The predicted octanol–water partition coefficient (Wildman–Crippen LogP) is 4.94. The molecule has 0 spiro atoms. The van der Waals surface area contributed by atoms with Crippen molar-refractivity contribution in [3.05, 3.63) is 82.9 Å². The lowest BCUT2D eigenvalue weighted by Crippen LogP contribution is -2.53. The Kier molecular flexibility index (Phi) is 6.63. The van der Waals surface area contributed by atoms with E-state index in [0.717, 1.165) is 29.1 Å². The normalized spacial score (nSPS) is 20.3. The zero-order chi connectivity index (χ0) is 26.4. The second-order valence-electron chi connectivity index (χ2n) is 11.2. The van der Waals surface area contributed by atoms with Crippen LogP contribution in [0, 0.1) is 11.2 Å². The maximum absolute atomic E-state index is 13.7. The summed E-state index contributed by atoms with van der Waals surface area (Å²) in [4.78, 5) is 0.340. The van der Waals surface area contributed by atoms with E-state index in [9.17, 15) is 12.8 Å². The number of hydrogen-bond acceptors (Lipinski definition) is 4. The van der Waals surface area contributed by atoms with Gasteiger partial charge in [0.1, 0.15) is 5.82 Å². The molecule has 8 heteroatoms. The molecule has 1 atom stereocenters. The fraction of sp³-hybridized carbons (Fsp3) is 0.414. The van der Waals surface area contributed by atoms with Gasteiger partial charge in [-0.2, -0.15) is 9.40 Å². The largest absolute Gasteiger partial charge is 0.316 e. The lowest BCUT2D eigenvalue weighted by molar-refractivity contribution is 0.205.